The molecule has 1 rings (SSSR count). The molecule has 0 bridgehead atoms. The van der Waals surface area contributed by atoms with Gasteiger partial charge in [0.15, 0.2) is 0 Å². The highest BCUT2D eigenvalue weighted by Crippen LogP contribution is 2.21. The molecular weight excluding hydrogens is 150 g/mol. The number of aromatic nitrogens is 2. The van der Waals surface area contributed by atoms with Crippen molar-refractivity contribution >= 4 is 5.69 Å². The molecule has 0 saturated heterocycles. The van der Waals surface area contributed by atoms with E-state index in [-0.39, 0.29) is 0 Å². The smallest absolute Gasteiger partial charge is 0.0881 e. The van der Waals surface area contributed by atoms with Crippen LogP contribution in [0, 0.1) is 0 Å². The van der Waals surface area contributed by atoms with Crippen molar-refractivity contribution in [1.82, 2.24) is 9.78 Å². The predicted octanol–water partition coefficient (Wildman–Crippen LogP) is 1.98. The van der Waals surface area contributed by atoms with Gasteiger partial charge < -0.3 is 5.32 Å². The molecule has 12 heavy (non-hydrogen) atoms. The van der Waals surface area contributed by atoms with Crippen molar-refractivity contribution in [3.63, 3.8) is 0 Å². The van der Waals surface area contributed by atoms with E-state index in [0.717, 1.165) is 17.9 Å². The molecular formula is C9H17N3. The van der Waals surface area contributed by atoms with Gasteiger partial charge in [-0.2, -0.15) is 5.10 Å². The van der Waals surface area contributed by atoms with Gasteiger partial charge in [0, 0.05) is 19.8 Å². The SMILES string of the molecule is CCNc1cn(C)nc1C(C)C. The summed E-state index contributed by atoms with van der Waals surface area (Å²) in [5.41, 5.74) is 2.31. The lowest BCUT2D eigenvalue weighted by molar-refractivity contribution is 0.713. The summed E-state index contributed by atoms with van der Waals surface area (Å²) < 4.78 is 1.85. The van der Waals surface area contributed by atoms with E-state index in [1.807, 2.05) is 17.9 Å². The monoisotopic (exact) mass is 167 g/mol. The van der Waals surface area contributed by atoms with Gasteiger partial charge in [0.2, 0.25) is 0 Å². The van der Waals surface area contributed by atoms with E-state index < -0.39 is 0 Å². The van der Waals surface area contributed by atoms with Crippen molar-refractivity contribution in [2.24, 2.45) is 7.05 Å². The molecule has 1 aromatic rings. The number of nitrogens with zero attached hydrogens (tertiary/aromatic N) is 2. The molecule has 3 heteroatoms. The van der Waals surface area contributed by atoms with Crippen LogP contribution in [-0.4, -0.2) is 16.3 Å². The fourth-order valence-electron chi connectivity index (χ4n) is 1.26. The second-order valence-electron chi connectivity index (χ2n) is 3.29. The number of hydrogen-bond acceptors (Lipinski definition) is 2. The van der Waals surface area contributed by atoms with Crippen LogP contribution in [0.1, 0.15) is 32.4 Å². The molecule has 0 aliphatic rings. The van der Waals surface area contributed by atoms with E-state index >= 15 is 0 Å². The van der Waals surface area contributed by atoms with Crippen LogP contribution in [0.15, 0.2) is 6.20 Å². The molecule has 0 unspecified atom stereocenters. The highest BCUT2D eigenvalue weighted by Gasteiger charge is 2.09. The molecule has 68 valence electrons. The Labute approximate surface area is 73.8 Å². The Hall–Kier alpha value is -0.990. The fourth-order valence-corrected chi connectivity index (χ4v) is 1.26. The van der Waals surface area contributed by atoms with Crippen LogP contribution in [0.4, 0.5) is 5.69 Å². The molecule has 1 N–H and O–H groups in total. The van der Waals surface area contributed by atoms with Crippen LogP contribution < -0.4 is 5.32 Å². The van der Waals surface area contributed by atoms with Gasteiger partial charge in [-0.25, -0.2) is 0 Å². The molecule has 3 nitrogen and oxygen atoms in total. The van der Waals surface area contributed by atoms with Gasteiger partial charge >= 0.3 is 0 Å². The maximum absolute atomic E-state index is 4.38. The summed E-state index contributed by atoms with van der Waals surface area (Å²) in [6.45, 7) is 7.36. The van der Waals surface area contributed by atoms with E-state index in [1.54, 1.807) is 0 Å². The van der Waals surface area contributed by atoms with Crippen LogP contribution in [0.5, 0.6) is 0 Å². The number of hydrogen-bond donors (Lipinski definition) is 1. The minimum Gasteiger partial charge on any atom is -0.383 e. The van der Waals surface area contributed by atoms with Crippen LogP contribution in [-0.2, 0) is 7.05 Å². The first-order chi connectivity index (χ1) is 5.65. The average molecular weight is 167 g/mol. The Morgan fingerprint density at radius 1 is 1.58 bits per heavy atom. The molecule has 0 aliphatic heterocycles. The molecule has 0 fully saturated rings. The van der Waals surface area contributed by atoms with Crippen molar-refractivity contribution in [2.45, 2.75) is 26.7 Å². The first kappa shape index (κ1) is 9.10. The predicted molar refractivity (Wildman–Crippen MR) is 51.5 cm³/mol. The first-order valence-electron chi connectivity index (χ1n) is 4.42. The summed E-state index contributed by atoms with van der Waals surface area (Å²) in [4.78, 5) is 0. The highest BCUT2D eigenvalue weighted by atomic mass is 15.3. The van der Waals surface area contributed by atoms with Gasteiger partial charge in [-0.05, 0) is 12.8 Å². The average Bonchev–Trinajstić information content (AvgIpc) is 2.32. The van der Waals surface area contributed by atoms with Crippen molar-refractivity contribution in [2.75, 3.05) is 11.9 Å². The van der Waals surface area contributed by atoms with Gasteiger partial charge in [-0.3, -0.25) is 4.68 Å². The lowest BCUT2D eigenvalue weighted by Crippen LogP contribution is -2.00. The molecule has 0 radical (unpaired) electrons. The van der Waals surface area contributed by atoms with Crippen LogP contribution in [0.3, 0.4) is 0 Å². The summed E-state index contributed by atoms with van der Waals surface area (Å²) in [6.07, 6.45) is 2.03. The molecule has 1 heterocycles. The Balaban J connectivity index is 2.92. The summed E-state index contributed by atoms with van der Waals surface area (Å²) in [5.74, 6) is 0.486. The van der Waals surface area contributed by atoms with Crippen molar-refractivity contribution in [3.05, 3.63) is 11.9 Å². The van der Waals surface area contributed by atoms with Crippen molar-refractivity contribution in [3.8, 4) is 0 Å². The van der Waals surface area contributed by atoms with Gasteiger partial charge in [-0.15, -0.1) is 0 Å². The maximum atomic E-state index is 4.38. The number of rotatable bonds is 3. The Bertz CT molecular complexity index is 250. The summed E-state index contributed by atoms with van der Waals surface area (Å²) in [7, 11) is 1.95. The molecule has 0 aliphatic carbocycles. The van der Waals surface area contributed by atoms with E-state index in [2.05, 4.69) is 31.2 Å². The second-order valence-corrected chi connectivity index (χ2v) is 3.29. The zero-order valence-electron chi connectivity index (χ0n) is 8.26. The van der Waals surface area contributed by atoms with Gasteiger partial charge in [0.1, 0.15) is 0 Å². The topological polar surface area (TPSA) is 29.9 Å². The normalized spacial score (nSPS) is 10.8. The maximum Gasteiger partial charge on any atom is 0.0881 e. The molecule has 1 aromatic heterocycles. The third-order valence-electron chi connectivity index (χ3n) is 1.77. The van der Waals surface area contributed by atoms with Crippen molar-refractivity contribution < 1.29 is 0 Å². The third kappa shape index (κ3) is 1.78. The molecule has 0 saturated carbocycles. The highest BCUT2D eigenvalue weighted by molar-refractivity contribution is 5.47. The van der Waals surface area contributed by atoms with Gasteiger partial charge in [0.05, 0.1) is 11.4 Å². The minimum atomic E-state index is 0.486. The fraction of sp³-hybridized carbons (Fsp3) is 0.667. The summed E-state index contributed by atoms with van der Waals surface area (Å²) in [6, 6.07) is 0. The molecule has 0 spiro atoms. The first-order valence-corrected chi connectivity index (χ1v) is 4.42. The summed E-state index contributed by atoms with van der Waals surface area (Å²) in [5, 5.41) is 7.68. The van der Waals surface area contributed by atoms with Crippen LogP contribution in [0.25, 0.3) is 0 Å². The van der Waals surface area contributed by atoms with Crippen LogP contribution in [0.2, 0.25) is 0 Å². The quantitative estimate of drug-likeness (QED) is 0.746. The number of anilines is 1. The minimum absolute atomic E-state index is 0.486. The third-order valence-corrected chi connectivity index (χ3v) is 1.77. The zero-order valence-corrected chi connectivity index (χ0v) is 8.26. The van der Waals surface area contributed by atoms with Gasteiger partial charge in [0.25, 0.3) is 0 Å². The van der Waals surface area contributed by atoms with Crippen LogP contribution >= 0.6 is 0 Å². The second kappa shape index (κ2) is 3.61. The van der Waals surface area contributed by atoms with E-state index in [9.17, 15) is 0 Å². The Kier molecular flexibility index (Phi) is 2.74. The lowest BCUT2D eigenvalue weighted by atomic mass is 10.1. The Morgan fingerprint density at radius 2 is 2.25 bits per heavy atom. The van der Waals surface area contributed by atoms with E-state index in [4.69, 9.17) is 0 Å². The lowest BCUT2D eigenvalue weighted by Gasteiger charge is -2.04. The molecule has 0 amide bonds. The van der Waals surface area contributed by atoms with Crippen molar-refractivity contribution in [1.29, 1.82) is 0 Å². The zero-order chi connectivity index (χ0) is 9.14. The van der Waals surface area contributed by atoms with E-state index in [0.29, 0.717) is 5.92 Å². The standard InChI is InChI=1S/C9H17N3/c1-5-10-8-6-12(4)11-9(8)7(2)3/h6-7,10H,5H2,1-4H3. The van der Waals surface area contributed by atoms with Gasteiger partial charge in [-0.1, -0.05) is 13.8 Å². The molecule has 0 aromatic carbocycles. The van der Waals surface area contributed by atoms with E-state index in [1.165, 1.54) is 0 Å². The molecule has 0 atom stereocenters. The number of aryl methyl sites for hydroxylation is 1. The number of nitrogens with one attached hydrogen (secondary N) is 1. The Morgan fingerprint density at radius 3 is 2.75 bits per heavy atom. The largest absolute Gasteiger partial charge is 0.383 e. The summed E-state index contributed by atoms with van der Waals surface area (Å²) >= 11 is 0.